The molecule has 2 heterocycles. The first-order chi connectivity index (χ1) is 9.20. The normalized spacial score (nSPS) is 23.5. The molecule has 1 aromatic heterocycles. The lowest BCUT2D eigenvalue weighted by molar-refractivity contribution is 0.0984. The molecule has 0 radical (unpaired) electrons. The molecule has 1 unspecified atom stereocenters. The zero-order valence-electron chi connectivity index (χ0n) is 11.9. The lowest BCUT2D eigenvalue weighted by atomic mass is 10.2. The average molecular weight is 262 g/mol. The second-order valence-corrected chi connectivity index (χ2v) is 5.52. The number of rotatable bonds is 3. The van der Waals surface area contributed by atoms with Crippen LogP contribution < -0.4 is 10.2 Å². The summed E-state index contributed by atoms with van der Waals surface area (Å²) in [7, 11) is 1.93. The smallest absolute Gasteiger partial charge is 0.137 e. The second-order valence-electron chi connectivity index (χ2n) is 5.52. The van der Waals surface area contributed by atoms with E-state index in [0.29, 0.717) is 12.0 Å². The predicted octanol–water partition coefficient (Wildman–Crippen LogP) is 1.93. The quantitative estimate of drug-likeness (QED) is 0.902. The van der Waals surface area contributed by atoms with E-state index in [-0.39, 0.29) is 0 Å². The zero-order valence-corrected chi connectivity index (χ0v) is 11.9. The van der Waals surface area contributed by atoms with Crippen LogP contribution in [0.15, 0.2) is 0 Å². The van der Waals surface area contributed by atoms with E-state index in [4.69, 9.17) is 9.72 Å². The van der Waals surface area contributed by atoms with Gasteiger partial charge in [0.15, 0.2) is 0 Å². The monoisotopic (exact) mass is 262 g/mol. The van der Waals surface area contributed by atoms with E-state index in [0.717, 1.165) is 42.8 Å². The molecule has 1 aromatic rings. The van der Waals surface area contributed by atoms with Gasteiger partial charge in [0.05, 0.1) is 19.3 Å². The van der Waals surface area contributed by atoms with Gasteiger partial charge in [-0.15, -0.1) is 0 Å². The molecular weight excluding hydrogens is 240 g/mol. The minimum Gasteiger partial charge on any atom is -0.377 e. The highest BCUT2D eigenvalue weighted by Gasteiger charge is 2.30. The number of hydrogen-bond donors (Lipinski definition) is 1. The molecule has 0 aromatic carbocycles. The molecule has 19 heavy (non-hydrogen) atoms. The topological polar surface area (TPSA) is 50.3 Å². The molecule has 0 spiro atoms. The van der Waals surface area contributed by atoms with Gasteiger partial charge in [-0.25, -0.2) is 9.97 Å². The fourth-order valence-corrected chi connectivity index (χ4v) is 2.61. The largest absolute Gasteiger partial charge is 0.377 e. The molecule has 1 N–H and O–H groups in total. The molecule has 0 amide bonds. The number of ether oxygens (including phenoxy) is 1. The van der Waals surface area contributed by atoms with Gasteiger partial charge in [0, 0.05) is 25.1 Å². The lowest BCUT2D eigenvalue weighted by Crippen LogP contribution is -2.44. The van der Waals surface area contributed by atoms with Crippen molar-refractivity contribution in [2.24, 2.45) is 0 Å². The Morgan fingerprint density at radius 3 is 2.74 bits per heavy atom. The van der Waals surface area contributed by atoms with Crippen LogP contribution in [0.4, 0.5) is 11.6 Å². The van der Waals surface area contributed by atoms with Crippen LogP contribution in [0.3, 0.4) is 0 Å². The molecule has 1 aliphatic carbocycles. The van der Waals surface area contributed by atoms with E-state index >= 15 is 0 Å². The summed E-state index contributed by atoms with van der Waals surface area (Å²) >= 11 is 0. The minimum absolute atomic E-state index is 0.374. The zero-order chi connectivity index (χ0) is 13.4. The third-order valence-corrected chi connectivity index (χ3v) is 3.96. The Bertz CT molecular complexity index is 473. The Morgan fingerprint density at radius 2 is 2.11 bits per heavy atom. The maximum atomic E-state index is 5.52. The van der Waals surface area contributed by atoms with Crippen molar-refractivity contribution in [1.29, 1.82) is 0 Å². The fraction of sp³-hybridized carbons (Fsp3) is 0.714. The molecule has 2 fully saturated rings. The summed E-state index contributed by atoms with van der Waals surface area (Å²) in [5, 5.41) is 3.20. The number of nitrogens with one attached hydrogen (secondary N) is 1. The van der Waals surface area contributed by atoms with Crippen LogP contribution in [0.5, 0.6) is 0 Å². The molecule has 3 rings (SSSR count). The van der Waals surface area contributed by atoms with Crippen molar-refractivity contribution in [2.45, 2.75) is 38.6 Å². The molecule has 0 bridgehead atoms. The van der Waals surface area contributed by atoms with Crippen LogP contribution in [0, 0.1) is 6.92 Å². The van der Waals surface area contributed by atoms with Crippen LogP contribution >= 0.6 is 0 Å². The Morgan fingerprint density at radius 1 is 1.32 bits per heavy atom. The van der Waals surface area contributed by atoms with E-state index in [1.165, 1.54) is 12.8 Å². The van der Waals surface area contributed by atoms with Crippen molar-refractivity contribution in [3.05, 3.63) is 11.4 Å². The Hall–Kier alpha value is -1.36. The van der Waals surface area contributed by atoms with E-state index < -0.39 is 0 Å². The van der Waals surface area contributed by atoms with Gasteiger partial charge in [-0.05, 0) is 26.7 Å². The van der Waals surface area contributed by atoms with Crippen LogP contribution in [0.2, 0.25) is 0 Å². The molecule has 5 nitrogen and oxygen atoms in total. The Labute approximate surface area is 114 Å². The first kappa shape index (κ1) is 12.7. The first-order valence-electron chi connectivity index (χ1n) is 7.11. The number of morpholine rings is 1. The van der Waals surface area contributed by atoms with Gasteiger partial charge in [0.1, 0.15) is 17.5 Å². The standard InChI is InChI=1S/C14H22N4O/c1-9-8-19-7-6-18(9)14-10(2)12(15-3)16-13(17-14)11-4-5-11/h9,11H,4-8H2,1-3H3,(H,15,16,17). The molecule has 1 atom stereocenters. The molecule has 1 saturated heterocycles. The van der Waals surface area contributed by atoms with Gasteiger partial charge < -0.3 is 15.0 Å². The fourth-order valence-electron chi connectivity index (χ4n) is 2.61. The van der Waals surface area contributed by atoms with Crippen LogP contribution in [-0.4, -0.2) is 42.8 Å². The molecule has 5 heteroatoms. The van der Waals surface area contributed by atoms with Crippen LogP contribution in [-0.2, 0) is 4.74 Å². The molecule has 2 aliphatic rings. The van der Waals surface area contributed by atoms with Gasteiger partial charge in [0.2, 0.25) is 0 Å². The first-order valence-corrected chi connectivity index (χ1v) is 7.11. The maximum Gasteiger partial charge on any atom is 0.137 e. The van der Waals surface area contributed by atoms with Gasteiger partial charge in [-0.3, -0.25) is 0 Å². The SMILES string of the molecule is CNc1nc(C2CC2)nc(N2CCOCC2C)c1C. The van der Waals surface area contributed by atoms with Crippen molar-refractivity contribution >= 4 is 11.6 Å². The summed E-state index contributed by atoms with van der Waals surface area (Å²) < 4.78 is 5.52. The van der Waals surface area contributed by atoms with Gasteiger partial charge in [-0.1, -0.05) is 0 Å². The summed E-state index contributed by atoms with van der Waals surface area (Å²) in [4.78, 5) is 11.8. The van der Waals surface area contributed by atoms with Crippen molar-refractivity contribution in [3.63, 3.8) is 0 Å². The summed E-state index contributed by atoms with van der Waals surface area (Å²) in [6.07, 6.45) is 2.45. The Balaban J connectivity index is 2.00. The van der Waals surface area contributed by atoms with Gasteiger partial charge in [0.25, 0.3) is 0 Å². The summed E-state index contributed by atoms with van der Waals surface area (Å²) in [6.45, 7) is 6.75. The summed E-state index contributed by atoms with van der Waals surface area (Å²) in [5.41, 5.74) is 1.14. The van der Waals surface area contributed by atoms with E-state index in [2.05, 4.69) is 29.0 Å². The molecule has 1 aliphatic heterocycles. The number of nitrogens with zero attached hydrogens (tertiary/aromatic N) is 3. The summed E-state index contributed by atoms with van der Waals surface area (Å²) in [5.74, 6) is 3.62. The molecular formula is C14H22N4O. The van der Waals surface area contributed by atoms with E-state index in [9.17, 15) is 0 Å². The van der Waals surface area contributed by atoms with Gasteiger partial charge >= 0.3 is 0 Å². The third kappa shape index (κ3) is 2.39. The maximum absolute atomic E-state index is 5.52. The predicted molar refractivity (Wildman–Crippen MR) is 75.9 cm³/mol. The lowest BCUT2D eigenvalue weighted by Gasteiger charge is -2.35. The Kier molecular flexibility index (Phi) is 3.31. The molecule has 104 valence electrons. The highest BCUT2D eigenvalue weighted by Crippen LogP contribution is 2.40. The van der Waals surface area contributed by atoms with E-state index in [1.807, 2.05) is 7.05 Å². The third-order valence-electron chi connectivity index (χ3n) is 3.96. The highest BCUT2D eigenvalue weighted by molar-refractivity contribution is 5.59. The van der Waals surface area contributed by atoms with Crippen molar-refractivity contribution in [1.82, 2.24) is 9.97 Å². The molecule has 1 saturated carbocycles. The van der Waals surface area contributed by atoms with Gasteiger partial charge in [-0.2, -0.15) is 0 Å². The average Bonchev–Trinajstić information content (AvgIpc) is 3.24. The van der Waals surface area contributed by atoms with Crippen molar-refractivity contribution in [3.8, 4) is 0 Å². The highest BCUT2D eigenvalue weighted by atomic mass is 16.5. The summed E-state index contributed by atoms with van der Waals surface area (Å²) in [6, 6.07) is 0.374. The second kappa shape index (κ2) is 4.96. The number of aromatic nitrogens is 2. The van der Waals surface area contributed by atoms with Crippen LogP contribution in [0.1, 0.15) is 37.1 Å². The number of anilines is 2. The van der Waals surface area contributed by atoms with E-state index in [1.54, 1.807) is 0 Å². The van der Waals surface area contributed by atoms with Crippen molar-refractivity contribution in [2.75, 3.05) is 37.0 Å². The minimum atomic E-state index is 0.374. The number of hydrogen-bond acceptors (Lipinski definition) is 5. The van der Waals surface area contributed by atoms with Crippen molar-refractivity contribution < 1.29 is 4.74 Å². The van der Waals surface area contributed by atoms with Crippen LogP contribution in [0.25, 0.3) is 0 Å².